The number of piperidine rings is 1. The molecule has 7 nitrogen and oxygen atoms in total. The van der Waals surface area contributed by atoms with E-state index in [4.69, 9.17) is 0 Å². The van der Waals surface area contributed by atoms with Gasteiger partial charge in [0, 0.05) is 37.8 Å². The van der Waals surface area contributed by atoms with Gasteiger partial charge in [0.05, 0.1) is 6.54 Å². The van der Waals surface area contributed by atoms with Crippen LogP contribution in [0.15, 0.2) is 59.6 Å². The van der Waals surface area contributed by atoms with Crippen molar-refractivity contribution in [1.82, 2.24) is 20.9 Å². The van der Waals surface area contributed by atoms with E-state index in [1.54, 1.807) is 12.1 Å². The number of rotatable bonds is 8. The predicted molar refractivity (Wildman–Crippen MR) is 124 cm³/mol. The van der Waals surface area contributed by atoms with E-state index in [0.717, 1.165) is 45.0 Å². The van der Waals surface area contributed by atoms with E-state index in [1.165, 1.54) is 17.7 Å². The fourth-order valence-electron chi connectivity index (χ4n) is 3.72. The van der Waals surface area contributed by atoms with Gasteiger partial charge in [-0.15, -0.1) is 0 Å². The van der Waals surface area contributed by atoms with E-state index in [1.807, 2.05) is 6.92 Å². The second-order valence-electron chi connectivity index (χ2n) is 7.77. The Morgan fingerprint density at radius 2 is 1.90 bits per heavy atom. The highest BCUT2D eigenvalue weighted by molar-refractivity contribution is 5.94. The van der Waals surface area contributed by atoms with Crippen LogP contribution >= 0.6 is 0 Å². The van der Waals surface area contributed by atoms with Gasteiger partial charge in [0.1, 0.15) is 5.75 Å². The van der Waals surface area contributed by atoms with E-state index in [0.29, 0.717) is 24.7 Å². The van der Waals surface area contributed by atoms with Crippen LogP contribution in [0.5, 0.6) is 5.75 Å². The number of guanidine groups is 1. The highest BCUT2D eigenvalue weighted by Crippen LogP contribution is 2.14. The van der Waals surface area contributed by atoms with Gasteiger partial charge in [-0.25, -0.2) is 0 Å². The van der Waals surface area contributed by atoms with Crippen LogP contribution in [0, 0.1) is 0 Å². The van der Waals surface area contributed by atoms with Gasteiger partial charge in [-0.3, -0.25) is 14.7 Å². The number of hydrogen-bond acceptors (Lipinski definition) is 4. The number of carbonyl (C=O) groups excluding carboxylic acids is 1. The SMILES string of the molecule is CCNC(=NCCNC(=O)c1ccc(O)cc1)NC1CCCN(Cc2ccccc2)C1. The summed E-state index contributed by atoms with van der Waals surface area (Å²) in [6.07, 6.45) is 2.28. The van der Waals surface area contributed by atoms with Crippen molar-refractivity contribution in [2.24, 2.45) is 4.99 Å². The Morgan fingerprint density at radius 3 is 2.65 bits per heavy atom. The summed E-state index contributed by atoms with van der Waals surface area (Å²) in [4.78, 5) is 19.3. The topological polar surface area (TPSA) is 89.0 Å². The van der Waals surface area contributed by atoms with Gasteiger partial charge >= 0.3 is 0 Å². The van der Waals surface area contributed by atoms with Crippen LogP contribution in [0.1, 0.15) is 35.7 Å². The van der Waals surface area contributed by atoms with Gasteiger partial charge < -0.3 is 21.1 Å². The highest BCUT2D eigenvalue weighted by Gasteiger charge is 2.20. The summed E-state index contributed by atoms with van der Waals surface area (Å²) in [6, 6.07) is 17.1. The zero-order valence-corrected chi connectivity index (χ0v) is 18.2. The molecule has 1 heterocycles. The fraction of sp³-hybridized carbons (Fsp3) is 0.417. The van der Waals surface area contributed by atoms with Gasteiger partial charge in [-0.05, 0) is 56.1 Å². The van der Waals surface area contributed by atoms with Crippen molar-refractivity contribution in [2.45, 2.75) is 32.4 Å². The van der Waals surface area contributed by atoms with E-state index in [2.05, 4.69) is 56.2 Å². The number of hydrogen-bond donors (Lipinski definition) is 4. The maximum atomic E-state index is 12.2. The van der Waals surface area contributed by atoms with Gasteiger partial charge in [0.2, 0.25) is 0 Å². The maximum absolute atomic E-state index is 12.2. The van der Waals surface area contributed by atoms with Gasteiger partial charge in [-0.2, -0.15) is 0 Å². The van der Waals surface area contributed by atoms with Gasteiger partial charge in [0.15, 0.2) is 5.96 Å². The molecule has 1 atom stereocenters. The molecule has 0 bridgehead atoms. The molecule has 1 amide bonds. The lowest BCUT2D eigenvalue weighted by molar-refractivity contribution is 0.0955. The number of nitrogens with one attached hydrogen (secondary N) is 3. The molecular weight excluding hydrogens is 390 g/mol. The second kappa shape index (κ2) is 12.0. The molecule has 166 valence electrons. The Bertz CT molecular complexity index is 839. The van der Waals surface area contributed by atoms with Crippen molar-refractivity contribution in [1.29, 1.82) is 0 Å². The molecule has 1 saturated heterocycles. The van der Waals surface area contributed by atoms with Crippen molar-refractivity contribution in [3.05, 3.63) is 65.7 Å². The first-order valence-corrected chi connectivity index (χ1v) is 11.0. The molecular formula is C24H33N5O2. The molecule has 0 aromatic heterocycles. The maximum Gasteiger partial charge on any atom is 0.251 e. The average Bonchev–Trinajstić information content (AvgIpc) is 2.78. The molecule has 0 aliphatic carbocycles. The Labute approximate surface area is 184 Å². The Balaban J connectivity index is 1.46. The third-order valence-electron chi connectivity index (χ3n) is 5.24. The number of carbonyl (C=O) groups is 1. The summed E-state index contributed by atoms with van der Waals surface area (Å²) in [7, 11) is 0. The molecule has 31 heavy (non-hydrogen) atoms. The van der Waals surface area contributed by atoms with Crippen LogP contribution < -0.4 is 16.0 Å². The monoisotopic (exact) mass is 423 g/mol. The number of likely N-dealkylation sites (tertiary alicyclic amines) is 1. The minimum Gasteiger partial charge on any atom is -0.508 e. The Morgan fingerprint density at radius 1 is 1.13 bits per heavy atom. The van der Waals surface area contributed by atoms with Crippen molar-refractivity contribution >= 4 is 11.9 Å². The molecule has 7 heteroatoms. The first-order valence-electron chi connectivity index (χ1n) is 11.0. The number of aliphatic imine (C=N–C) groups is 1. The lowest BCUT2D eigenvalue weighted by Gasteiger charge is -2.34. The second-order valence-corrected chi connectivity index (χ2v) is 7.77. The largest absolute Gasteiger partial charge is 0.508 e. The standard InChI is InChI=1S/C24H33N5O2/c1-2-25-24(27-15-14-26-23(31)20-10-12-22(30)13-11-20)28-21-9-6-16-29(18-21)17-19-7-4-3-5-8-19/h3-5,7-8,10-13,21,30H,2,6,9,14-18H2,1H3,(H,26,31)(H2,25,27,28). The summed E-state index contributed by atoms with van der Waals surface area (Å²) in [5.41, 5.74) is 1.86. The highest BCUT2D eigenvalue weighted by atomic mass is 16.3. The number of phenolic OH excluding ortho intramolecular Hbond substituents is 1. The smallest absolute Gasteiger partial charge is 0.251 e. The number of phenols is 1. The van der Waals surface area contributed by atoms with Crippen LogP contribution in [-0.2, 0) is 6.54 Å². The first-order chi connectivity index (χ1) is 15.1. The third kappa shape index (κ3) is 7.61. The quantitative estimate of drug-likeness (QED) is 0.297. The number of benzene rings is 2. The molecule has 4 N–H and O–H groups in total. The summed E-state index contributed by atoms with van der Waals surface area (Å²) in [5.74, 6) is 0.762. The predicted octanol–water partition coefficient (Wildman–Crippen LogP) is 2.34. The Kier molecular flexibility index (Phi) is 8.72. The molecule has 1 aliphatic heterocycles. The lowest BCUT2D eigenvalue weighted by atomic mass is 10.0. The zero-order valence-electron chi connectivity index (χ0n) is 18.2. The van der Waals surface area contributed by atoms with Crippen molar-refractivity contribution in [3.8, 4) is 5.75 Å². The number of amides is 1. The summed E-state index contributed by atoms with van der Waals surface area (Å²) < 4.78 is 0. The molecule has 0 radical (unpaired) electrons. The van der Waals surface area contributed by atoms with Crippen LogP contribution in [0.4, 0.5) is 0 Å². The van der Waals surface area contributed by atoms with E-state index in [-0.39, 0.29) is 11.7 Å². The third-order valence-corrected chi connectivity index (χ3v) is 5.24. The van der Waals surface area contributed by atoms with Crippen molar-refractivity contribution in [3.63, 3.8) is 0 Å². The van der Waals surface area contributed by atoms with Crippen LogP contribution in [-0.4, -0.2) is 60.6 Å². The molecule has 1 fully saturated rings. The first kappa shape index (κ1) is 22.6. The Hall–Kier alpha value is -3.06. The number of aromatic hydroxyl groups is 1. The number of nitrogens with zero attached hydrogens (tertiary/aromatic N) is 2. The van der Waals surface area contributed by atoms with E-state index < -0.39 is 0 Å². The average molecular weight is 424 g/mol. The lowest BCUT2D eigenvalue weighted by Crippen LogP contribution is -2.51. The molecule has 1 unspecified atom stereocenters. The molecule has 3 rings (SSSR count). The van der Waals surface area contributed by atoms with Crippen molar-refractivity contribution < 1.29 is 9.90 Å². The van der Waals surface area contributed by atoms with Crippen LogP contribution in [0.2, 0.25) is 0 Å². The normalized spacial score (nSPS) is 17.2. The minimum absolute atomic E-state index is 0.146. The van der Waals surface area contributed by atoms with Crippen molar-refractivity contribution in [2.75, 3.05) is 32.7 Å². The molecule has 2 aromatic rings. The molecule has 2 aromatic carbocycles. The van der Waals surface area contributed by atoms with Gasteiger partial charge in [-0.1, -0.05) is 30.3 Å². The molecule has 0 spiro atoms. The van der Waals surface area contributed by atoms with Gasteiger partial charge in [0.25, 0.3) is 5.91 Å². The van der Waals surface area contributed by atoms with E-state index in [9.17, 15) is 9.90 Å². The summed E-state index contributed by atoms with van der Waals surface area (Å²) >= 11 is 0. The zero-order chi connectivity index (χ0) is 21.9. The summed E-state index contributed by atoms with van der Waals surface area (Å²) in [5, 5.41) is 19.0. The van der Waals surface area contributed by atoms with E-state index >= 15 is 0 Å². The fourth-order valence-corrected chi connectivity index (χ4v) is 3.72. The summed E-state index contributed by atoms with van der Waals surface area (Å²) in [6.45, 7) is 6.83. The molecule has 1 aliphatic rings. The van der Waals surface area contributed by atoms with Crippen LogP contribution in [0.25, 0.3) is 0 Å². The van der Waals surface area contributed by atoms with Crippen LogP contribution in [0.3, 0.4) is 0 Å². The molecule has 0 saturated carbocycles. The minimum atomic E-state index is -0.169.